The Bertz CT molecular complexity index is 247. The molecule has 1 N–H and O–H groups in total. The summed E-state index contributed by atoms with van der Waals surface area (Å²) in [7, 11) is 2.18. The molecule has 0 atom stereocenters. The summed E-state index contributed by atoms with van der Waals surface area (Å²) in [6.07, 6.45) is 8.56. The Hall–Kier alpha value is -0.610. The Balaban J connectivity index is 3.37. The average Bonchev–Trinajstić information content (AvgIpc) is 2.47. The van der Waals surface area contributed by atoms with Crippen molar-refractivity contribution in [2.75, 3.05) is 39.8 Å². The van der Waals surface area contributed by atoms with E-state index in [2.05, 4.69) is 30.7 Å². The minimum Gasteiger partial charge on any atom is -0.481 e. The molecular formula is C17H36N2O2. The van der Waals surface area contributed by atoms with Crippen LogP contribution >= 0.6 is 0 Å². The highest BCUT2D eigenvalue weighted by Crippen LogP contribution is 2.09. The molecule has 0 fully saturated rings. The largest absolute Gasteiger partial charge is 0.481 e. The van der Waals surface area contributed by atoms with Gasteiger partial charge >= 0.3 is 5.97 Å². The summed E-state index contributed by atoms with van der Waals surface area (Å²) in [5.74, 6) is -0.664. The molecule has 4 heteroatoms. The van der Waals surface area contributed by atoms with Crippen molar-refractivity contribution in [1.82, 2.24) is 9.80 Å². The molecule has 0 rings (SSSR count). The van der Waals surface area contributed by atoms with Gasteiger partial charge in [0.1, 0.15) is 0 Å². The van der Waals surface area contributed by atoms with Crippen LogP contribution in [0, 0.1) is 0 Å². The van der Waals surface area contributed by atoms with Crippen LogP contribution in [0.3, 0.4) is 0 Å². The standard InChI is InChI=1S/C17H36N2O2/c1-4-18(3)15-16-19(5-2)14-12-10-8-6-7-9-11-13-17(20)21/h4-16H2,1-3H3,(H,20,21). The third-order valence-electron chi connectivity index (χ3n) is 4.15. The molecule has 0 aromatic carbocycles. The van der Waals surface area contributed by atoms with Crippen LogP contribution in [0.15, 0.2) is 0 Å². The molecule has 0 aliphatic carbocycles. The molecule has 0 bridgehead atoms. The quantitative estimate of drug-likeness (QED) is 0.470. The molecule has 0 spiro atoms. The van der Waals surface area contributed by atoms with Gasteiger partial charge in [-0.3, -0.25) is 4.79 Å². The number of carboxylic acid groups (broad SMARTS) is 1. The fraction of sp³-hybridized carbons (Fsp3) is 0.941. The molecule has 0 aromatic rings. The van der Waals surface area contributed by atoms with E-state index in [-0.39, 0.29) is 0 Å². The maximum Gasteiger partial charge on any atom is 0.303 e. The number of carboxylic acids is 1. The van der Waals surface area contributed by atoms with Crippen LogP contribution in [0.4, 0.5) is 0 Å². The van der Waals surface area contributed by atoms with Crippen LogP contribution in [-0.4, -0.2) is 60.6 Å². The molecule has 21 heavy (non-hydrogen) atoms. The minimum atomic E-state index is -0.664. The monoisotopic (exact) mass is 300 g/mol. The van der Waals surface area contributed by atoms with Gasteiger partial charge in [0.2, 0.25) is 0 Å². The third kappa shape index (κ3) is 14.1. The Labute approximate surface area is 131 Å². The number of nitrogens with zero attached hydrogens (tertiary/aromatic N) is 2. The van der Waals surface area contributed by atoms with E-state index in [1.54, 1.807) is 0 Å². The first-order valence-electron chi connectivity index (χ1n) is 8.72. The zero-order chi connectivity index (χ0) is 15.9. The van der Waals surface area contributed by atoms with E-state index < -0.39 is 5.97 Å². The third-order valence-corrected chi connectivity index (χ3v) is 4.15. The van der Waals surface area contributed by atoms with Crippen LogP contribution in [0.1, 0.15) is 65.2 Å². The SMILES string of the molecule is CCN(C)CCN(CC)CCCCCCCCCC(=O)O. The maximum absolute atomic E-state index is 10.4. The molecule has 0 saturated carbocycles. The summed E-state index contributed by atoms with van der Waals surface area (Å²) in [5, 5.41) is 8.55. The van der Waals surface area contributed by atoms with E-state index in [1.165, 1.54) is 45.2 Å². The first-order chi connectivity index (χ1) is 10.1. The molecule has 0 aromatic heterocycles. The van der Waals surface area contributed by atoms with Gasteiger partial charge in [-0.15, -0.1) is 0 Å². The first kappa shape index (κ1) is 20.4. The van der Waals surface area contributed by atoms with Gasteiger partial charge < -0.3 is 14.9 Å². The smallest absolute Gasteiger partial charge is 0.303 e. The van der Waals surface area contributed by atoms with Crippen molar-refractivity contribution in [3.63, 3.8) is 0 Å². The number of aliphatic carboxylic acids is 1. The summed E-state index contributed by atoms with van der Waals surface area (Å²) < 4.78 is 0. The fourth-order valence-corrected chi connectivity index (χ4v) is 2.39. The number of carbonyl (C=O) groups is 1. The van der Waals surface area contributed by atoms with Crippen molar-refractivity contribution < 1.29 is 9.90 Å². The lowest BCUT2D eigenvalue weighted by molar-refractivity contribution is -0.137. The van der Waals surface area contributed by atoms with Crippen molar-refractivity contribution in [2.45, 2.75) is 65.2 Å². The van der Waals surface area contributed by atoms with Crippen molar-refractivity contribution in [1.29, 1.82) is 0 Å². The van der Waals surface area contributed by atoms with Crippen LogP contribution in [-0.2, 0) is 4.79 Å². The van der Waals surface area contributed by atoms with Crippen LogP contribution < -0.4 is 0 Å². The lowest BCUT2D eigenvalue weighted by atomic mass is 10.1. The van der Waals surface area contributed by atoms with E-state index in [1.807, 2.05) is 0 Å². The van der Waals surface area contributed by atoms with Crippen molar-refractivity contribution in [3.05, 3.63) is 0 Å². The second-order valence-corrected chi connectivity index (χ2v) is 5.95. The predicted molar refractivity (Wildman–Crippen MR) is 89.9 cm³/mol. The molecule has 0 aliphatic rings. The van der Waals surface area contributed by atoms with Gasteiger partial charge in [-0.05, 0) is 39.5 Å². The van der Waals surface area contributed by atoms with E-state index in [0.29, 0.717) is 6.42 Å². The number of hydrogen-bond donors (Lipinski definition) is 1. The number of hydrogen-bond acceptors (Lipinski definition) is 3. The Morgan fingerprint density at radius 2 is 1.38 bits per heavy atom. The van der Waals surface area contributed by atoms with Gasteiger partial charge in [0.15, 0.2) is 0 Å². The topological polar surface area (TPSA) is 43.8 Å². The van der Waals surface area contributed by atoms with E-state index in [0.717, 1.165) is 32.5 Å². The van der Waals surface area contributed by atoms with E-state index in [4.69, 9.17) is 5.11 Å². The van der Waals surface area contributed by atoms with Crippen molar-refractivity contribution in [3.8, 4) is 0 Å². The summed E-state index contributed by atoms with van der Waals surface area (Å²) in [5.41, 5.74) is 0. The summed E-state index contributed by atoms with van der Waals surface area (Å²) >= 11 is 0. The molecular weight excluding hydrogens is 264 g/mol. The predicted octanol–water partition coefficient (Wildman–Crippen LogP) is 3.47. The highest BCUT2D eigenvalue weighted by atomic mass is 16.4. The van der Waals surface area contributed by atoms with Crippen molar-refractivity contribution in [2.24, 2.45) is 0 Å². The van der Waals surface area contributed by atoms with Crippen molar-refractivity contribution >= 4 is 5.97 Å². The minimum absolute atomic E-state index is 0.331. The molecule has 0 aliphatic heterocycles. The first-order valence-corrected chi connectivity index (χ1v) is 8.72. The molecule has 4 nitrogen and oxygen atoms in total. The number of unbranched alkanes of at least 4 members (excludes halogenated alkanes) is 6. The second-order valence-electron chi connectivity index (χ2n) is 5.95. The second kappa shape index (κ2) is 14.3. The van der Waals surface area contributed by atoms with Gasteiger partial charge in [0.05, 0.1) is 0 Å². The Morgan fingerprint density at radius 1 is 0.810 bits per heavy atom. The summed E-state index contributed by atoms with van der Waals surface area (Å²) in [4.78, 5) is 15.3. The van der Waals surface area contributed by atoms with Gasteiger partial charge in [0.25, 0.3) is 0 Å². The van der Waals surface area contributed by atoms with E-state index >= 15 is 0 Å². The zero-order valence-corrected chi connectivity index (χ0v) is 14.4. The normalized spacial score (nSPS) is 11.5. The highest BCUT2D eigenvalue weighted by molar-refractivity contribution is 5.66. The van der Waals surface area contributed by atoms with Crippen LogP contribution in [0.25, 0.3) is 0 Å². The van der Waals surface area contributed by atoms with E-state index in [9.17, 15) is 4.79 Å². The lowest BCUT2D eigenvalue weighted by Crippen LogP contribution is -2.33. The zero-order valence-electron chi connectivity index (χ0n) is 14.4. The number of rotatable bonds is 15. The van der Waals surface area contributed by atoms with Crippen LogP contribution in [0.2, 0.25) is 0 Å². The van der Waals surface area contributed by atoms with Gasteiger partial charge in [-0.1, -0.05) is 46.0 Å². The summed E-state index contributed by atoms with van der Waals surface area (Å²) in [6.45, 7) is 10.3. The van der Waals surface area contributed by atoms with Gasteiger partial charge in [-0.25, -0.2) is 0 Å². The molecule has 0 saturated heterocycles. The molecule has 0 heterocycles. The summed E-state index contributed by atoms with van der Waals surface area (Å²) in [6, 6.07) is 0. The number of likely N-dealkylation sites (N-methyl/N-ethyl adjacent to an activating group) is 2. The molecule has 126 valence electrons. The fourth-order valence-electron chi connectivity index (χ4n) is 2.39. The highest BCUT2D eigenvalue weighted by Gasteiger charge is 2.03. The van der Waals surface area contributed by atoms with Crippen LogP contribution in [0.5, 0.6) is 0 Å². The lowest BCUT2D eigenvalue weighted by Gasteiger charge is -2.23. The molecule has 0 amide bonds. The Kier molecular flexibility index (Phi) is 13.9. The maximum atomic E-state index is 10.4. The molecule has 0 radical (unpaired) electrons. The average molecular weight is 300 g/mol. The van der Waals surface area contributed by atoms with Gasteiger partial charge in [0, 0.05) is 19.5 Å². The molecule has 0 unspecified atom stereocenters. The Morgan fingerprint density at radius 3 is 1.90 bits per heavy atom. The van der Waals surface area contributed by atoms with Gasteiger partial charge in [-0.2, -0.15) is 0 Å².